The zero-order valence-electron chi connectivity index (χ0n) is 46.9. The molecule has 87 heavy (non-hydrogen) atoms. The molecule has 5 aliphatic carbocycles. The highest BCUT2D eigenvalue weighted by Crippen LogP contribution is 2.96. The van der Waals surface area contributed by atoms with E-state index in [2.05, 4.69) is 65.8 Å². The summed E-state index contributed by atoms with van der Waals surface area (Å²) in [5.74, 6) is -0.835. The summed E-state index contributed by atoms with van der Waals surface area (Å²) in [6.07, 6.45) is 0. The molecule has 0 heterocycles. The van der Waals surface area contributed by atoms with E-state index in [1.54, 1.807) is 53.9 Å². The Morgan fingerprint density at radius 1 is 0.241 bits per heavy atom. The number of rotatable bonds is 6. The number of hydrogen-bond acceptors (Lipinski definition) is 4. The summed E-state index contributed by atoms with van der Waals surface area (Å²) in [6.45, 7) is 13.1. The van der Waals surface area contributed by atoms with Crippen LogP contribution in [0.15, 0.2) is 24.3 Å². The zero-order chi connectivity index (χ0) is 54.4. The van der Waals surface area contributed by atoms with Gasteiger partial charge in [0, 0.05) is 0 Å². The van der Waals surface area contributed by atoms with E-state index in [9.17, 15) is 0 Å². The molecule has 0 amide bonds. The minimum Gasteiger partial charge on any atom is -0.460 e. The van der Waals surface area contributed by atoms with Crippen LogP contribution in [0.2, 0.25) is 0 Å². The van der Waals surface area contributed by atoms with Gasteiger partial charge in [0.15, 0.2) is 5.41 Å². The lowest BCUT2D eigenvalue weighted by atomic mass is 9.68. The first-order chi connectivity index (χ1) is 42.7. The Labute approximate surface area is 481 Å². The molecule has 1 saturated carbocycles. The van der Waals surface area contributed by atoms with Crippen LogP contribution in [0, 0.1) is 47.0 Å². The fourth-order valence-corrected chi connectivity index (χ4v) is 28.6. The average molecular weight is 1090 g/mol. The third-order valence-electron chi connectivity index (χ3n) is 29.4. The molecule has 382 valence electrons. The molecule has 4 heteroatoms. The van der Waals surface area contributed by atoms with Gasteiger partial charge >= 0.3 is 11.9 Å². The van der Waals surface area contributed by atoms with Crippen LogP contribution in [0.25, 0.3) is 291 Å². The quantitative estimate of drug-likeness (QED) is 0.0946. The molecule has 1 fully saturated rings. The van der Waals surface area contributed by atoms with E-state index in [0.717, 1.165) is 33.4 Å². The normalized spacial score (nSPS) is 18.5. The largest absolute Gasteiger partial charge is 0.460 e. The summed E-state index contributed by atoms with van der Waals surface area (Å²) in [5.41, 5.74) is 9.67. The molecule has 30 aromatic rings. The van der Waals surface area contributed by atoms with Crippen molar-refractivity contribution in [3.8, 4) is 0 Å². The van der Waals surface area contributed by atoms with Crippen molar-refractivity contribution in [3.05, 3.63) is 91.0 Å². The minimum absolute atomic E-state index is 0.0765. The van der Waals surface area contributed by atoms with Gasteiger partial charge < -0.3 is 9.47 Å². The van der Waals surface area contributed by atoms with Gasteiger partial charge in [-0.25, -0.2) is 0 Å². The van der Waals surface area contributed by atoms with E-state index in [4.69, 9.17) is 9.47 Å². The molecular formula is C83H26O4. The van der Waals surface area contributed by atoms with Gasteiger partial charge in [0.05, 0.1) is 10.8 Å². The second kappa shape index (κ2) is 8.79. The lowest BCUT2D eigenvalue weighted by Crippen LogP contribution is -2.38. The fourth-order valence-electron chi connectivity index (χ4n) is 28.6. The maximum atomic E-state index is 18.0. The Balaban J connectivity index is 0.932. The van der Waals surface area contributed by atoms with Crippen LogP contribution >= 0.6 is 0 Å². The van der Waals surface area contributed by atoms with Crippen molar-refractivity contribution in [2.45, 2.75) is 65.6 Å². The third-order valence-corrected chi connectivity index (χ3v) is 29.4. The minimum atomic E-state index is -1.83. The van der Waals surface area contributed by atoms with Crippen molar-refractivity contribution in [2.24, 2.45) is 5.41 Å². The SMILES string of the molecule is Cc1cc(C)c(COC(=O)C2(C(=O)OCc3c(C)cc(C)cc3C)C34c5c6c7c8c9c%10c(c%11c%12c3c3c5c5c%13c6c6c7c7c9c9c%14c%10c%10c%11c%11c%12c%12c3c3c5c5c%13c%13c6c6c7c9c7c9c%14c%10c%10c%11c%11c%12c3c3c5c5c%13c6c7c6c9c%10c%11c3c56)C824)c(C)c1. The molecular weight excluding hydrogens is 1060 g/mol. The number of benzene rings is 20. The molecule has 5 aliphatic rings. The van der Waals surface area contributed by atoms with Crippen LogP contribution in [-0.2, 0) is 43.1 Å². The van der Waals surface area contributed by atoms with E-state index in [0.29, 0.717) is 0 Å². The van der Waals surface area contributed by atoms with Crippen molar-refractivity contribution < 1.29 is 19.1 Å². The maximum Gasteiger partial charge on any atom is 0.326 e. The number of ether oxygens (including phenoxy) is 2. The van der Waals surface area contributed by atoms with Gasteiger partial charge in [-0.2, -0.15) is 0 Å². The van der Waals surface area contributed by atoms with Gasteiger partial charge in [-0.15, -0.1) is 0 Å². The van der Waals surface area contributed by atoms with Crippen molar-refractivity contribution >= 4 is 303 Å². The molecule has 0 radical (unpaired) electrons. The molecule has 0 saturated heterocycles. The van der Waals surface area contributed by atoms with Gasteiger partial charge in [0.2, 0.25) is 0 Å². The fraction of sp³-hybridized carbons (Fsp3) is 0.133. The number of carbonyl (C=O) groups excluding carboxylic acids is 2. The predicted octanol–water partition coefficient (Wildman–Crippen LogP) is 20.6. The van der Waals surface area contributed by atoms with Gasteiger partial charge in [0.25, 0.3) is 0 Å². The Hall–Kier alpha value is -10.2. The van der Waals surface area contributed by atoms with Crippen LogP contribution in [-0.4, -0.2) is 11.9 Å². The Kier molecular flexibility index (Phi) is 3.70. The molecule has 2 spiro atoms. The summed E-state index contributed by atoms with van der Waals surface area (Å²) in [5, 5.41) is 79.6. The molecule has 30 aromatic carbocycles. The lowest BCUT2D eigenvalue weighted by molar-refractivity contribution is -0.168. The van der Waals surface area contributed by atoms with Gasteiger partial charge in [0.1, 0.15) is 13.2 Å². The third kappa shape index (κ3) is 2.21. The summed E-state index contributed by atoms with van der Waals surface area (Å²) in [4.78, 5) is 36.0. The molecule has 35 rings (SSSR count). The first kappa shape index (κ1) is 36.6. The molecule has 0 aromatic heterocycles. The highest BCUT2D eigenvalue weighted by atomic mass is 16.6. The van der Waals surface area contributed by atoms with Gasteiger partial charge in [-0.1, -0.05) is 35.4 Å². The Morgan fingerprint density at radius 3 is 0.529 bits per heavy atom. The van der Waals surface area contributed by atoms with Crippen LogP contribution in [0.4, 0.5) is 0 Å². The maximum absolute atomic E-state index is 18.0. The van der Waals surface area contributed by atoms with E-state index in [1.165, 1.54) is 270 Å². The Morgan fingerprint density at radius 2 is 0.379 bits per heavy atom. The molecule has 0 atom stereocenters. The van der Waals surface area contributed by atoms with Crippen molar-refractivity contribution in [1.29, 1.82) is 0 Å². The molecule has 0 aliphatic heterocycles. The summed E-state index contributed by atoms with van der Waals surface area (Å²) < 4.78 is 14.8. The van der Waals surface area contributed by atoms with Crippen molar-refractivity contribution in [1.82, 2.24) is 0 Å². The number of esters is 2. The average Bonchev–Trinajstić information content (AvgIpc) is 1.36. The van der Waals surface area contributed by atoms with E-state index in [-0.39, 0.29) is 13.2 Å². The number of aryl methyl sites for hydroxylation is 6. The highest BCUT2D eigenvalue weighted by Gasteiger charge is 3.01. The first-order valence-corrected chi connectivity index (χ1v) is 31.9. The monoisotopic (exact) mass is 1090 g/mol. The van der Waals surface area contributed by atoms with Crippen molar-refractivity contribution in [2.75, 3.05) is 0 Å². The topological polar surface area (TPSA) is 52.6 Å². The molecule has 0 N–H and O–H groups in total. The second-order valence-corrected chi connectivity index (χ2v) is 30.9. The first-order valence-electron chi connectivity index (χ1n) is 31.9. The van der Waals surface area contributed by atoms with Crippen LogP contribution < -0.4 is 0 Å². The zero-order valence-corrected chi connectivity index (χ0v) is 46.9. The molecule has 4 nitrogen and oxygen atoms in total. The van der Waals surface area contributed by atoms with Crippen LogP contribution in [0.3, 0.4) is 0 Å². The van der Waals surface area contributed by atoms with Gasteiger partial charge in [-0.3, -0.25) is 9.59 Å². The van der Waals surface area contributed by atoms with E-state index >= 15 is 9.59 Å². The summed E-state index contributed by atoms with van der Waals surface area (Å²) in [7, 11) is 0. The summed E-state index contributed by atoms with van der Waals surface area (Å²) in [6, 6.07) is 8.87. The smallest absolute Gasteiger partial charge is 0.326 e. The standard InChI is InChI=1S/C83H26O4/c1-13-7-15(3)19(16(4)8-13)11-86-79(84)83(80(85)87-12-20-17(5)9-14(2)10-18(20)6)81-75-67-59-49-39-31-23-21-22-25-29-27(23)35-43-37(29)47-41-33(25)34-26(22)30-28-24(21)32(31)40-46-36(28)44-38(30)48-42(34)52-51(41)61-55(47)65-57(43)63(53(59)45(35)39)71(75)73(65)77-69(61)70-62(52)56(48)66-58(44)64-54(46)60(50(40)49)68(67)76(81)72(64)74(66)78(70)82(77,81)83/h7-10H,11-12H2,1-6H3. The number of carbonyl (C=O) groups is 2. The van der Waals surface area contributed by atoms with Crippen molar-refractivity contribution in [3.63, 3.8) is 0 Å². The lowest BCUT2D eigenvalue weighted by Gasteiger charge is -2.32. The summed E-state index contributed by atoms with van der Waals surface area (Å²) >= 11 is 0. The van der Waals surface area contributed by atoms with Gasteiger partial charge in [-0.05, 0) is 388 Å². The second-order valence-electron chi connectivity index (χ2n) is 30.9. The van der Waals surface area contributed by atoms with Crippen LogP contribution in [0.5, 0.6) is 0 Å². The van der Waals surface area contributed by atoms with Crippen LogP contribution in [0.1, 0.15) is 66.8 Å². The molecule has 0 unspecified atom stereocenters. The molecule has 0 bridgehead atoms. The Bertz CT molecular complexity index is 7720. The predicted molar refractivity (Wildman–Crippen MR) is 357 cm³/mol. The van der Waals surface area contributed by atoms with E-state index < -0.39 is 28.2 Å². The highest BCUT2D eigenvalue weighted by molar-refractivity contribution is 6.82. The van der Waals surface area contributed by atoms with E-state index in [1.807, 2.05) is 0 Å². The number of hydrogen-bond donors (Lipinski definition) is 0.